The van der Waals surface area contributed by atoms with Crippen LogP contribution in [0, 0.1) is 5.82 Å². The maximum Gasteiger partial charge on any atom is 0.189 e. The van der Waals surface area contributed by atoms with Gasteiger partial charge in [0.05, 0.1) is 22.0 Å². The predicted molar refractivity (Wildman–Crippen MR) is 118 cm³/mol. The van der Waals surface area contributed by atoms with Crippen LogP contribution in [-0.2, 0) is 9.47 Å². The molecule has 3 aliphatic heterocycles. The number of nitrogens with zero attached hydrogens (tertiary/aromatic N) is 3. The first-order chi connectivity index (χ1) is 14.6. The molecule has 6 nitrogen and oxygen atoms in total. The second-order valence-electron chi connectivity index (χ2n) is 7.77. The summed E-state index contributed by atoms with van der Waals surface area (Å²) in [6, 6.07) is 0.0467. The van der Waals surface area contributed by atoms with E-state index in [4.69, 9.17) is 30.8 Å². The summed E-state index contributed by atoms with van der Waals surface area (Å²) in [5.41, 5.74) is 0.227. The van der Waals surface area contributed by atoms with E-state index in [1.54, 1.807) is 0 Å². The quantitative estimate of drug-likeness (QED) is 0.315. The maximum atomic E-state index is 15.0. The molecule has 0 amide bonds. The fourth-order valence-electron chi connectivity index (χ4n) is 4.43. The van der Waals surface area contributed by atoms with Gasteiger partial charge >= 0.3 is 0 Å². The first kappa shape index (κ1) is 21.0. The largest absolute Gasteiger partial charge is 0.489 e. The normalized spacial score (nSPS) is 26.3. The number of halogens is 3. The van der Waals surface area contributed by atoms with Crippen LogP contribution in [0.1, 0.15) is 32.1 Å². The zero-order valence-corrected chi connectivity index (χ0v) is 19.7. The van der Waals surface area contributed by atoms with Crippen molar-refractivity contribution in [3.8, 4) is 5.75 Å². The van der Waals surface area contributed by atoms with E-state index in [2.05, 4.69) is 25.8 Å². The third-order valence-electron chi connectivity index (χ3n) is 5.91. The number of anilines is 1. The minimum absolute atomic E-state index is 0.0467. The van der Waals surface area contributed by atoms with Gasteiger partial charge in [-0.25, -0.2) is 14.4 Å². The molecule has 0 spiro atoms. The summed E-state index contributed by atoms with van der Waals surface area (Å²) in [7, 11) is 0. The van der Waals surface area contributed by atoms with E-state index in [0.29, 0.717) is 28.7 Å². The molecular weight excluding hydrogens is 497 g/mol. The van der Waals surface area contributed by atoms with Crippen LogP contribution in [-0.4, -0.2) is 54.4 Å². The van der Waals surface area contributed by atoms with Crippen LogP contribution >= 0.6 is 39.3 Å². The van der Waals surface area contributed by atoms with Crippen molar-refractivity contribution < 1.29 is 18.6 Å². The number of hydrogen-bond acceptors (Lipinski definition) is 7. The Labute approximate surface area is 191 Å². The summed E-state index contributed by atoms with van der Waals surface area (Å²) in [6.07, 6.45) is 6.67. The fourth-order valence-corrected chi connectivity index (χ4v) is 5.39. The predicted octanol–water partition coefficient (Wildman–Crippen LogP) is 5.18. The lowest BCUT2D eigenvalue weighted by molar-refractivity contribution is -0.193. The Morgan fingerprint density at radius 1 is 1.30 bits per heavy atom. The SMILES string of the molecule is CSc1nc2c3c(c(Cl)c(Br)c(F)c3n1)OCC1CC(OC3CCCCO3)CCN21. The monoisotopic (exact) mass is 517 g/mol. The molecule has 0 N–H and O–H groups in total. The van der Waals surface area contributed by atoms with Gasteiger partial charge in [0.2, 0.25) is 0 Å². The van der Waals surface area contributed by atoms with Gasteiger partial charge < -0.3 is 19.1 Å². The number of fused-ring (bicyclic) bond motifs is 2. The van der Waals surface area contributed by atoms with Gasteiger partial charge in [-0.3, -0.25) is 0 Å². The second-order valence-corrected chi connectivity index (χ2v) is 9.71. The Hall–Kier alpha value is -0.870. The van der Waals surface area contributed by atoms with Crippen molar-refractivity contribution in [2.75, 3.05) is 30.9 Å². The summed E-state index contributed by atoms with van der Waals surface area (Å²) < 4.78 is 33.3. The number of hydrogen-bond donors (Lipinski definition) is 0. The number of ether oxygens (including phenoxy) is 3. The third kappa shape index (κ3) is 3.66. The second kappa shape index (κ2) is 8.58. The van der Waals surface area contributed by atoms with Crippen LogP contribution in [0.25, 0.3) is 10.9 Å². The van der Waals surface area contributed by atoms with Crippen molar-refractivity contribution in [3.05, 3.63) is 15.3 Å². The lowest BCUT2D eigenvalue weighted by atomic mass is 9.99. The van der Waals surface area contributed by atoms with Gasteiger partial charge in [0.15, 0.2) is 23.0 Å². The molecule has 3 atom stereocenters. The average molecular weight is 519 g/mol. The Kier molecular flexibility index (Phi) is 6.00. The van der Waals surface area contributed by atoms with Gasteiger partial charge in [-0.05, 0) is 54.3 Å². The smallest absolute Gasteiger partial charge is 0.189 e. The first-order valence-corrected chi connectivity index (χ1v) is 12.5. The van der Waals surface area contributed by atoms with E-state index < -0.39 is 5.82 Å². The Balaban J connectivity index is 1.50. The first-order valence-electron chi connectivity index (χ1n) is 10.2. The van der Waals surface area contributed by atoms with Crippen molar-refractivity contribution in [3.63, 3.8) is 0 Å². The molecule has 0 bridgehead atoms. The highest BCUT2D eigenvalue weighted by molar-refractivity contribution is 9.10. The Bertz CT molecular complexity index is 978. The summed E-state index contributed by atoms with van der Waals surface area (Å²) in [5.74, 6) is 0.625. The molecule has 30 heavy (non-hydrogen) atoms. The summed E-state index contributed by atoms with van der Waals surface area (Å²) in [5, 5.41) is 1.27. The maximum absolute atomic E-state index is 15.0. The number of aromatic nitrogens is 2. The highest BCUT2D eigenvalue weighted by atomic mass is 79.9. The van der Waals surface area contributed by atoms with E-state index in [1.807, 2.05) is 6.26 Å². The van der Waals surface area contributed by atoms with Gasteiger partial charge in [-0.2, -0.15) is 0 Å². The molecule has 3 unspecified atom stereocenters. The van der Waals surface area contributed by atoms with E-state index >= 15 is 4.39 Å². The molecule has 4 heterocycles. The van der Waals surface area contributed by atoms with Gasteiger partial charge in [0.1, 0.15) is 23.0 Å². The Morgan fingerprint density at radius 2 is 2.17 bits per heavy atom. The number of thioether (sulfide) groups is 1. The summed E-state index contributed by atoms with van der Waals surface area (Å²) >= 11 is 11.1. The topological polar surface area (TPSA) is 56.7 Å². The fraction of sp³-hybridized carbons (Fsp3) is 0.600. The van der Waals surface area contributed by atoms with Gasteiger partial charge in [-0.1, -0.05) is 23.4 Å². The standard InChI is InChI=1S/C20H22BrClFN3O3S/c1-30-20-24-17-13-18(15(22)14(21)16(17)23)28-9-10-8-11(5-6-26(10)19(13)25-20)29-12-4-2-3-7-27-12/h10-12H,2-9H2,1H3. The highest BCUT2D eigenvalue weighted by Gasteiger charge is 2.37. The van der Waals surface area contributed by atoms with E-state index in [-0.39, 0.29) is 33.4 Å². The molecule has 3 aliphatic rings. The summed E-state index contributed by atoms with van der Waals surface area (Å²) in [6.45, 7) is 1.92. The van der Waals surface area contributed by atoms with Crippen LogP contribution in [0.5, 0.6) is 5.75 Å². The van der Waals surface area contributed by atoms with Crippen LogP contribution in [0.3, 0.4) is 0 Å². The molecule has 10 heteroatoms. The van der Waals surface area contributed by atoms with Crippen molar-refractivity contribution in [2.24, 2.45) is 0 Å². The van der Waals surface area contributed by atoms with Crippen molar-refractivity contribution in [1.29, 1.82) is 0 Å². The molecule has 162 valence electrons. The minimum atomic E-state index is -0.493. The minimum Gasteiger partial charge on any atom is -0.489 e. The van der Waals surface area contributed by atoms with Crippen molar-refractivity contribution in [2.45, 2.75) is 55.7 Å². The zero-order valence-electron chi connectivity index (χ0n) is 16.5. The van der Waals surface area contributed by atoms with Crippen LogP contribution < -0.4 is 9.64 Å². The molecule has 2 aromatic rings. The summed E-state index contributed by atoms with van der Waals surface area (Å²) in [4.78, 5) is 11.3. The average Bonchev–Trinajstić information content (AvgIpc) is 2.93. The van der Waals surface area contributed by atoms with Gasteiger partial charge in [0, 0.05) is 13.2 Å². The number of benzene rings is 1. The molecule has 1 aromatic carbocycles. The molecule has 0 radical (unpaired) electrons. The molecule has 2 saturated heterocycles. The van der Waals surface area contributed by atoms with E-state index in [0.717, 1.165) is 45.3 Å². The number of piperidine rings is 1. The van der Waals surface area contributed by atoms with Crippen molar-refractivity contribution >= 4 is 56.0 Å². The van der Waals surface area contributed by atoms with E-state index in [9.17, 15) is 0 Å². The molecule has 1 aromatic heterocycles. The van der Waals surface area contributed by atoms with Gasteiger partial charge in [-0.15, -0.1) is 0 Å². The molecule has 2 fully saturated rings. The van der Waals surface area contributed by atoms with E-state index in [1.165, 1.54) is 11.8 Å². The third-order valence-corrected chi connectivity index (χ3v) is 7.79. The molecule has 0 saturated carbocycles. The lowest BCUT2D eigenvalue weighted by Crippen LogP contribution is -2.48. The molecule has 0 aliphatic carbocycles. The van der Waals surface area contributed by atoms with Crippen LogP contribution in [0.2, 0.25) is 5.02 Å². The van der Waals surface area contributed by atoms with Crippen LogP contribution in [0.4, 0.5) is 10.2 Å². The van der Waals surface area contributed by atoms with Crippen molar-refractivity contribution in [1.82, 2.24) is 9.97 Å². The molecule has 5 rings (SSSR count). The highest BCUT2D eigenvalue weighted by Crippen LogP contribution is 2.47. The van der Waals surface area contributed by atoms with Gasteiger partial charge in [0.25, 0.3) is 0 Å². The number of rotatable bonds is 3. The van der Waals surface area contributed by atoms with Crippen LogP contribution in [0.15, 0.2) is 9.63 Å². The molecular formula is C20H22BrClFN3O3S. The lowest BCUT2D eigenvalue weighted by Gasteiger charge is -2.40. The zero-order chi connectivity index (χ0) is 20.8. The Morgan fingerprint density at radius 3 is 2.93 bits per heavy atom.